The zero-order valence-corrected chi connectivity index (χ0v) is 11.5. The molecule has 0 aliphatic rings. The molecule has 0 fully saturated rings. The fourth-order valence-corrected chi connectivity index (χ4v) is 2.76. The molecule has 1 aromatic rings. The van der Waals surface area contributed by atoms with E-state index in [-0.39, 0.29) is 11.5 Å². The van der Waals surface area contributed by atoms with Crippen molar-refractivity contribution in [3.8, 4) is 5.75 Å². The van der Waals surface area contributed by atoms with Gasteiger partial charge in [-0.25, -0.2) is 0 Å². The summed E-state index contributed by atoms with van der Waals surface area (Å²) in [5, 5.41) is 8.75. The maximum atomic E-state index is 11.8. The Morgan fingerprint density at radius 2 is 2.22 bits per heavy atom. The number of aliphatic carboxylic acids is 1. The van der Waals surface area contributed by atoms with E-state index in [2.05, 4.69) is 4.98 Å². The number of hydrogen-bond acceptors (Lipinski definition) is 4. The summed E-state index contributed by atoms with van der Waals surface area (Å²) < 4.78 is 16.9. The summed E-state index contributed by atoms with van der Waals surface area (Å²) in [6.45, 7) is 3.37. The van der Waals surface area contributed by atoms with Crippen molar-refractivity contribution < 1.29 is 18.8 Å². The molecule has 18 heavy (non-hydrogen) atoms. The van der Waals surface area contributed by atoms with Gasteiger partial charge in [-0.1, -0.05) is 6.92 Å². The topological polar surface area (TPSA) is 76.5 Å². The zero-order valence-electron chi connectivity index (χ0n) is 10.7. The number of nitrogens with zero attached hydrogens (tertiary/aromatic N) is 1. The fourth-order valence-electron chi connectivity index (χ4n) is 1.47. The summed E-state index contributed by atoms with van der Waals surface area (Å²) in [7, 11) is 0.318. The minimum absolute atomic E-state index is 0.132. The van der Waals surface area contributed by atoms with Crippen molar-refractivity contribution in [1.82, 2.24) is 4.98 Å². The zero-order chi connectivity index (χ0) is 13.7. The summed E-state index contributed by atoms with van der Waals surface area (Å²) in [6.07, 6.45) is 0. The summed E-state index contributed by atoms with van der Waals surface area (Å²) in [5.74, 6) is -0.500. The molecule has 0 spiro atoms. The number of aryl methyl sites for hydroxylation is 1. The first-order chi connectivity index (χ1) is 8.42. The van der Waals surface area contributed by atoms with Crippen LogP contribution in [0.25, 0.3) is 0 Å². The van der Waals surface area contributed by atoms with Crippen LogP contribution in [0.1, 0.15) is 18.3 Å². The van der Waals surface area contributed by atoms with Crippen LogP contribution >= 0.6 is 0 Å². The Kier molecular flexibility index (Phi) is 5.27. The van der Waals surface area contributed by atoms with Crippen LogP contribution in [0.15, 0.2) is 12.1 Å². The third kappa shape index (κ3) is 4.44. The monoisotopic (exact) mass is 271 g/mol. The summed E-state index contributed by atoms with van der Waals surface area (Å²) >= 11 is 0. The van der Waals surface area contributed by atoms with Gasteiger partial charge in [-0.2, -0.15) is 0 Å². The number of carbonyl (C=O) groups is 1. The van der Waals surface area contributed by atoms with Crippen LogP contribution in [0, 0.1) is 12.8 Å². The number of carboxylic acid groups (broad SMARTS) is 1. The number of pyridine rings is 1. The lowest BCUT2D eigenvalue weighted by Crippen LogP contribution is -2.18. The van der Waals surface area contributed by atoms with Gasteiger partial charge < -0.3 is 9.84 Å². The highest BCUT2D eigenvalue weighted by molar-refractivity contribution is 7.84. The van der Waals surface area contributed by atoms with Gasteiger partial charge in [0, 0.05) is 34.4 Å². The van der Waals surface area contributed by atoms with Gasteiger partial charge in [0.05, 0.1) is 24.5 Å². The first kappa shape index (κ1) is 14.6. The van der Waals surface area contributed by atoms with Crippen LogP contribution < -0.4 is 4.74 Å². The molecule has 1 N–H and O–H groups in total. The van der Waals surface area contributed by atoms with Crippen molar-refractivity contribution in [2.45, 2.75) is 19.6 Å². The molecule has 1 heterocycles. The van der Waals surface area contributed by atoms with Gasteiger partial charge in [0.25, 0.3) is 0 Å². The van der Waals surface area contributed by atoms with Gasteiger partial charge >= 0.3 is 5.97 Å². The molecule has 0 amide bonds. The molecule has 1 aromatic heterocycles. The Balaban J connectivity index is 2.70. The average Bonchev–Trinajstić information content (AvgIpc) is 2.27. The maximum Gasteiger partial charge on any atom is 0.307 e. The second kappa shape index (κ2) is 6.49. The summed E-state index contributed by atoms with van der Waals surface area (Å²) in [6, 6.07) is 3.50. The highest BCUT2D eigenvalue weighted by Crippen LogP contribution is 2.15. The minimum Gasteiger partial charge on any atom is -0.497 e. The first-order valence-corrected chi connectivity index (χ1v) is 7.00. The predicted molar refractivity (Wildman–Crippen MR) is 69.0 cm³/mol. The van der Waals surface area contributed by atoms with E-state index in [4.69, 9.17) is 9.84 Å². The molecule has 5 nitrogen and oxygen atoms in total. The van der Waals surface area contributed by atoms with Crippen molar-refractivity contribution in [1.29, 1.82) is 0 Å². The van der Waals surface area contributed by atoms with E-state index < -0.39 is 22.7 Å². The van der Waals surface area contributed by atoms with Gasteiger partial charge in [-0.3, -0.25) is 14.0 Å². The van der Waals surface area contributed by atoms with Crippen molar-refractivity contribution in [3.05, 3.63) is 23.5 Å². The molecule has 6 heteroatoms. The van der Waals surface area contributed by atoms with Gasteiger partial charge in [0.1, 0.15) is 5.75 Å². The third-order valence-corrected chi connectivity index (χ3v) is 3.87. The minimum atomic E-state index is -1.24. The predicted octanol–water partition coefficient (Wildman–Crippen LogP) is 1.37. The maximum absolute atomic E-state index is 11.8. The molecular weight excluding hydrogens is 254 g/mol. The Morgan fingerprint density at radius 3 is 2.78 bits per heavy atom. The fraction of sp³-hybridized carbons (Fsp3) is 0.500. The van der Waals surface area contributed by atoms with Crippen LogP contribution in [-0.2, 0) is 21.3 Å². The van der Waals surface area contributed by atoms with Gasteiger partial charge in [0.2, 0.25) is 0 Å². The largest absolute Gasteiger partial charge is 0.497 e. The van der Waals surface area contributed by atoms with Gasteiger partial charge in [-0.15, -0.1) is 0 Å². The van der Waals surface area contributed by atoms with Crippen LogP contribution in [0.4, 0.5) is 0 Å². The smallest absolute Gasteiger partial charge is 0.307 e. The van der Waals surface area contributed by atoms with Crippen LogP contribution in [-0.4, -0.2) is 33.1 Å². The van der Waals surface area contributed by atoms with E-state index >= 15 is 0 Å². The third-order valence-electron chi connectivity index (χ3n) is 2.38. The van der Waals surface area contributed by atoms with E-state index in [1.165, 1.54) is 0 Å². The molecule has 0 saturated heterocycles. The lowest BCUT2D eigenvalue weighted by molar-refractivity contribution is -0.140. The second-order valence-corrected chi connectivity index (χ2v) is 5.63. The van der Waals surface area contributed by atoms with Gasteiger partial charge in [0.15, 0.2) is 0 Å². The van der Waals surface area contributed by atoms with Crippen molar-refractivity contribution in [2.24, 2.45) is 5.92 Å². The van der Waals surface area contributed by atoms with Crippen molar-refractivity contribution in [2.75, 3.05) is 12.9 Å². The van der Waals surface area contributed by atoms with Crippen molar-refractivity contribution >= 4 is 16.8 Å². The lowest BCUT2D eigenvalue weighted by Gasteiger charge is -2.08. The first-order valence-electron chi connectivity index (χ1n) is 5.51. The number of ether oxygens (including phenoxy) is 1. The second-order valence-electron chi connectivity index (χ2n) is 4.13. The van der Waals surface area contributed by atoms with Crippen LogP contribution in [0.2, 0.25) is 0 Å². The molecule has 1 rings (SSSR count). The number of rotatable bonds is 6. The van der Waals surface area contributed by atoms with Crippen LogP contribution in [0.3, 0.4) is 0 Å². The lowest BCUT2D eigenvalue weighted by atomic mass is 10.2. The van der Waals surface area contributed by atoms with E-state index in [0.717, 1.165) is 5.69 Å². The Hall–Kier alpha value is -1.43. The highest BCUT2D eigenvalue weighted by atomic mass is 32.2. The van der Waals surface area contributed by atoms with E-state index in [1.807, 2.05) is 6.92 Å². The van der Waals surface area contributed by atoms with Crippen LogP contribution in [0.5, 0.6) is 5.75 Å². The van der Waals surface area contributed by atoms with Crippen molar-refractivity contribution in [3.63, 3.8) is 0 Å². The normalized spacial score (nSPS) is 13.9. The number of aromatic nitrogens is 1. The molecule has 0 aliphatic carbocycles. The van der Waals surface area contributed by atoms with E-state index in [9.17, 15) is 9.00 Å². The molecule has 0 saturated carbocycles. The molecule has 0 bridgehead atoms. The quantitative estimate of drug-likeness (QED) is 0.845. The molecular formula is C12H17NO4S. The molecule has 2 unspecified atom stereocenters. The molecule has 0 radical (unpaired) electrons. The number of hydrogen-bond donors (Lipinski definition) is 1. The molecule has 0 aliphatic heterocycles. The molecule has 100 valence electrons. The highest BCUT2D eigenvalue weighted by Gasteiger charge is 2.15. The van der Waals surface area contributed by atoms with Gasteiger partial charge in [-0.05, 0) is 6.92 Å². The molecule has 2 atom stereocenters. The standard InChI is InChI=1S/C12H17NO4S/c1-8(12(14)15)6-18(16)7-10-5-11(17-3)4-9(2)13-10/h4-5,8H,6-7H2,1-3H3,(H,14,15). The Labute approximate surface area is 109 Å². The number of carboxylic acids is 1. The SMILES string of the molecule is COc1cc(C)nc(CS(=O)CC(C)C(=O)O)c1. The average molecular weight is 271 g/mol. The Bertz CT molecular complexity index is 461. The van der Waals surface area contributed by atoms with E-state index in [1.54, 1.807) is 26.2 Å². The Morgan fingerprint density at radius 1 is 1.56 bits per heavy atom. The summed E-state index contributed by atoms with van der Waals surface area (Å²) in [5.41, 5.74) is 1.44. The van der Waals surface area contributed by atoms with E-state index in [0.29, 0.717) is 11.4 Å². The molecule has 0 aromatic carbocycles. The summed E-state index contributed by atoms with van der Waals surface area (Å²) in [4.78, 5) is 14.9. The number of methoxy groups -OCH3 is 1.